The second-order valence-electron chi connectivity index (χ2n) is 8.53. The summed E-state index contributed by atoms with van der Waals surface area (Å²) < 4.78 is 19.7. The SMILES string of the molecule is CC12Cc3cnoc3C(C)(C)[C@@H]1CC[C@@]1(CF)CCC(=O)C=C21. The molecule has 0 radical (unpaired) electrons. The van der Waals surface area contributed by atoms with E-state index >= 15 is 0 Å². The molecule has 0 spiro atoms. The summed E-state index contributed by atoms with van der Waals surface area (Å²) in [5.41, 5.74) is 1.40. The van der Waals surface area contributed by atoms with Gasteiger partial charge in [-0.15, -0.1) is 0 Å². The summed E-state index contributed by atoms with van der Waals surface area (Å²) in [7, 11) is 0. The average molecular weight is 317 g/mol. The van der Waals surface area contributed by atoms with Crippen molar-refractivity contribution in [3.63, 3.8) is 0 Å². The number of nitrogens with zero attached hydrogens (tertiary/aromatic N) is 1. The Morgan fingerprint density at radius 3 is 2.87 bits per heavy atom. The maximum Gasteiger partial charge on any atom is 0.155 e. The number of aromatic nitrogens is 1. The summed E-state index contributed by atoms with van der Waals surface area (Å²) in [6.45, 7) is 6.27. The predicted octanol–water partition coefficient (Wildman–Crippen LogP) is 4.17. The number of hydrogen-bond acceptors (Lipinski definition) is 3. The highest BCUT2D eigenvalue weighted by Crippen LogP contribution is 2.64. The second kappa shape index (κ2) is 4.55. The Morgan fingerprint density at radius 2 is 2.13 bits per heavy atom. The molecular formula is C19H24FNO2. The van der Waals surface area contributed by atoms with Gasteiger partial charge in [-0.05, 0) is 43.1 Å². The quantitative estimate of drug-likeness (QED) is 0.781. The monoisotopic (exact) mass is 317 g/mol. The van der Waals surface area contributed by atoms with E-state index in [1.807, 2.05) is 0 Å². The summed E-state index contributed by atoms with van der Waals surface area (Å²) in [6.07, 6.45) is 7.32. The number of halogens is 1. The molecule has 1 fully saturated rings. The number of ketones is 1. The van der Waals surface area contributed by atoms with E-state index in [0.29, 0.717) is 18.8 Å². The highest BCUT2D eigenvalue weighted by molar-refractivity contribution is 5.92. The van der Waals surface area contributed by atoms with E-state index in [0.717, 1.165) is 36.2 Å². The number of fused-ring (bicyclic) bond motifs is 4. The van der Waals surface area contributed by atoms with Gasteiger partial charge in [-0.2, -0.15) is 0 Å². The van der Waals surface area contributed by atoms with Crippen LogP contribution in [-0.4, -0.2) is 17.6 Å². The molecule has 3 atom stereocenters. The maximum absolute atomic E-state index is 14.1. The molecule has 0 aromatic carbocycles. The van der Waals surface area contributed by atoms with Crippen molar-refractivity contribution >= 4 is 5.78 Å². The van der Waals surface area contributed by atoms with Crippen LogP contribution in [0.2, 0.25) is 0 Å². The molecule has 0 aliphatic heterocycles. The number of carbonyl (C=O) groups is 1. The minimum atomic E-state index is -0.427. The number of allylic oxidation sites excluding steroid dienone is 2. The number of alkyl halides is 1. The fraction of sp³-hybridized carbons (Fsp3) is 0.684. The Labute approximate surface area is 136 Å². The zero-order valence-electron chi connectivity index (χ0n) is 14.1. The van der Waals surface area contributed by atoms with Gasteiger partial charge in [0.05, 0.1) is 12.9 Å². The van der Waals surface area contributed by atoms with E-state index in [1.165, 1.54) is 0 Å². The maximum atomic E-state index is 14.1. The van der Waals surface area contributed by atoms with Gasteiger partial charge in [0.15, 0.2) is 5.78 Å². The van der Waals surface area contributed by atoms with E-state index in [-0.39, 0.29) is 23.3 Å². The van der Waals surface area contributed by atoms with Gasteiger partial charge in [-0.25, -0.2) is 0 Å². The van der Waals surface area contributed by atoms with Gasteiger partial charge in [-0.3, -0.25) is 9.18 Å². The third-order valence-corrected chi connectivity index (χ3v) is 6.94. The molecule has 4 heteroatoms. The molecule has 3 aliphatic carbocycles. The largest absolute Gasteiger partial charge is 0.361 e. The molecule has 1 aromatic rings. The number of rotatable bonds is 1. The van der Waals surface area contributed by atoms with Crippen LogP contribution in [0.25, 0.3) is 0 Å². The summed E-state index contributed by atoms with van der Waals surface area (Å²) in [6, 6.07) is 0. The van der Waals surface area contributed by atoms with Crippen LogP contribution in [0.1, 0.15) is 57.8 Å². The van der Waals surface area contributed by atoms with Crippen molar-refractivity contribution in [1.29, 1.82) is 0 Å². The van der Waals surface area contributed by atoms with Crippen LogP contribution in [0.4, 0.5) is 4.39 Å². The lowest BCUT2D eigenvalue weighted by atomic mass is 9.44. The van der Waals surface area contributed by atoms with Gasteiger partial charge in [0, 0.05) is 22.8 Å². The predicted molar refractivity (Wildman–Crippen MR) is 84.8 cm³/mol. The standard InChI is InChI=1S/C19H24FNO2/c1-17(2)14-5-7-19(11-20)6-4-13(22)8-15(19)18(14,3)9-12-10-21-23-16(12)17/h8,10,14H,4-7,9,11H2,1-3H3/t14-,18?,19+/m0/s1. The zero-order chi connectivity index (χ0) is 16.5. The van der Waals surface area contributed by atoms with E-state index in [9.17, 15) is 9.18 Å². The zero-order valence-corrected chi connectivity index (χ0v) is 14.1. The lowest BCUT2D eigenvalue weighted by Crippen LogP contribution is -2.55. The summed E-state index contributed by atoms with van der Waals surface area (Å²) in [5.74, 6) is 1.46. The first-order valence-electron chi connectivity index (χ1n) is 8.59. The molecule has 1 unspecified atom stereocenters. The van der Waals surface area contributed by atoms with Gasteiger partial charge >= 0.3 is 0 Å². The van der Waals surface area contributed by atoms with Gasteiger partial charge in [0.1, 0.15) is 5.76 Å². The third-order valence-electron chi connectivity index (χ3n) is 6.94. The minimum Gasteiger partial charge on any atom is -0.361 e. The normalized spacial score (nSPS) is 38.3. The second-order valence-corrected chi connectivity index (χ2v) is 8.53. The van der Waals surface area contributed by atoms with E-state index in [1.54, 1.807) is 12.3 Å². The molecule has 1 heterocycles. The molecule has 0 bridgehead atoms. The molecule has 0 N–H and O–H groups in total. The Hall–Kier alpha value is -1.45. The van der Waals surface area contributed by atoms with E-state index in [2.05, 4.69) is 25.9 Å². The third kappa shape index (κ3) is 1.81. The van der Waals surface area contributed by atoms with Crippen molar-refractivity contribution in [2.24, 2.45) is 16.7 Å². The molecule has 23 heavy (non-hydrogen) atoms. The lowest BCUT2D eigenvalue weighted by molar-refractivity contribution is -0.117. The Morgan fingerprint density at radius 1 is 1.35 bits per heavy atom. The van der Waals surface area contributed by atoms with E-state index in [4.69, 9.17) is 4.52 Å². The van der Waals surface area contributed by atoms with Crippen LogP contribution < -0.4 is 0 Å². The fourth-order valence-electron chi connectivity index (χ4n) is 5.89. The topological polar surface area (TPSA) is 43.1 Å². The first-order chi connectivity index (χ1) is 10.8. The number of carbonyl (C=O) groups excluding carboxylic acids is 1. The Bertz CT molecular complexity index is 704. The van der Waals surface area contributed by atoms with Crippen molar-refractivity contribution in [3.8, 4) is 0 Å². The molecular weight excluding hydrogens is 293 g/mol. The van der Waals surface area contributed by atoms with Gasteiger partial charge in [0.2, 0.25) is 0 Å². The Balaban J connectivity index is 1.91. The molecule has 0 saturated heterocycles. The first-order valence-corrected chi connectivity index (χ1v) is 8.59. The molecule has 3 aliphatic rings. The summed E-state index contributed by atoms with van der Waals surface area (Å²) >= 11 is 0. The van der Waals surface area contributed by atoms with Crippen LogP contribution >= 0.6 is 0 Å². The summed E-state index contributed by atoms with van der Waals surface area (Å²) in [5, 5.41) is 4.01. The first kappa shape index (κ1) is 15.1. The highest BCUT2D eigenvalue weighted by atomic mass is 19.1. The molecule has 124 valence electrons. The van der Waals surface area contributed by atoms with Crippen LogP contribution in [0, 0.1) is 16.7 Å². The molecule has 1 aromatic heterocycles. The molecule has 1 saturated carbocycles. The van der Waals surface area contributed by atoms with Gasteiger partial charge in [-0.1, -0.05) is 31.5 Å². The van der Waals surface area contributed by atoms with Gasteiger partial charge in [0.25, 0.3) is 0 Å². The minimum absolute atomic E-state index is 0.150. The van der Waals surface area contributed by atoms with Crippen molar-refractivity contribution in [3.05, 3.63) is 29.2 Å². The van der Waals surface area contributed by atoms with Crippen molar-refractivity contribution in [2.75, 3.05) is 6.67 Å². The Kier molecular flexibility index (Phi) is 2.99. The van der Waals surface area contributed by atoms with Crippen LogP contribution in [0.15, 0.2) is 22.4 Å². The lowest BCUT2D eigenvalue weighted by Gasteiger charge is -2.59. The highest BCUT2D eigenvalue weighted by Gasteiger charge is 2.60. The molecule has 3 nitrogen and oxygen atoms in total. The number of hydrogen-bond donors (Lipinski definition) is 0. The van der Waals surface area contributed by atoms with Crippen molar-refractivity contribution in [1.82, 2.24) is 5.16 Å². The average Bonchev–Trinajstić information content (AvgIpc) is 2.96. The smallest absolute Gasteiger partial charge is 0.155 e. The van der Waals surface area contributed by atoms with Crippen LogP contribution in [0.3, 0.4) is 0 Å². The van der Waals surface area contributed by atoms with Crippen molar-refractivity contribution in [2.45, 2.75) is 58.3 Å². The summed E-state index contributed by atoms with van der Waals surface area (Å²) in [4.78, 5) is 12.1. The van der Waals surface area contributed by atoms with E-state index < -0.39 is 5.41 Å². The van der Waals surface area contributed by atoms with Crippen LogP contribution in [-0.2, 0) is 16.6 Å². The molecule has 4 rings (SSSR count). The fourth-order valence-corrected chi connectivity index (χ4v) is 5.89. The van der Waals surface area contributed by atoms with Crippen molar-refractivity contribution < 1.29 is 13.7 Å². The molecule has 0 amide bonds. The van der Waals surface area contributed by atoms with Gasteiger partial charge < -0.3 is 4.52 Å². The van der Waals surface area contributed by atoms with Crippen LogP contribution in [0.5, 0.6) is 0 Å².